The van der Waals surface area contributed by atoms with Gasteiger partial charge in [-0.3, -0.25) is 43.2 Å². The molecule has 0 bridgehead atoms. The summed E-state index contributed by atoms with van der Waals surface area (Å²) >= 11 is 4.24. The van der Waals surface area contributed by atoms with Crippen molar-refractivity contribution in [3.05, 3.63) is 0 Å². The molecule has 0 aliphatic carbocycles. The van der Waals surface area contributed by atoms with Gasteiger partial charge < -0.3 is 79.1 Å². The third-order valence-electron chi connectivity index (χ3n) is 14.4. The first-order valence-corrected chi connectivity index (χ1v) is 27.3. The molecule has 3 fully saturated rings. The number of unbranched alkanes of at least 4 members (excludes halogenated alkanes) is 2. The van der Waals surface area contributed by atoms with Gasteiger partial charge in [-0.2, -0.15) is 12.6 Å². The first-order chi connectivity index (χ1) is 35.7. The van der Waals surface area contributed by atoms with Gasteiger partial charge in [-0.1, -0.05) is 40.5 Å². The van der Waals surface area contributed by atoms with Crippen LogP contribution in [0.25, 0.3) is 0 Å². The van der Waals surface area contributed by atoms with E-state index in [-0.39, 0.29) is 56.5 Å². The Labute approximate surface area is 445 Å². The summed E-state index contributed by atoms with van der Waals surface area (Å²) in [5, 5.41) is 52.0. The largest absolute Gasteiger partial charge is 0.480 e. The second-order valence-corrected chi connectivity index (χ2v) is 20.4. The zero-order chi connectivity index (χ0) is 55.9. The molecule has 9 amide bonds. The topological polar surface area (TPSA) is 386 Å². The number of aliphatic carboxylic acids is 1. The van der Waals surface area contributed by atoms with Crippen LogP contribution in [-0.2, 0) is 47.9 Å². The molecule has 0 aromatic carbocycles. The number of aliphatic hydroxyl groups is 2. The summed E-state index contributed by atoms with van der Waals surface area (Å²) in [6.07, 6.45) is 4.16. The van der Waals surface area contributed by atoms with E-state index in [1.54, 1.807) is 20.8 Å². The maximum Gasteiger partial charge on any atom is 0.326 e. The quantitative estimate of drug-likeness (QED) is 0.0234. The highest BCUT2D eigenvalue weighted by molar-refractivity contribution is 7.80. The van der Waals surface area contributed by atoms with Crippen molar-refractivity contribution in [1.29, 1.82) is 0 Å². The summed E-state index contributed by atoms with van der Waals surface area (Å²) in [6, 6.07) is -11.9. The summed E-state index contributed by atoms with van der Waals surface area (Å²) < 4.78 is 0. The molecule has 0 radical (unpaired) electrons. The Bertz CT molecular complexity index is 1950. The molecule has 0 spiro atoms. The molecule has 0 aromatic heterocycles. The number of likely N-dealkylation sites (tertiary alicyclic amines) is 2. The number of amides is 9. The van der Waals surface area contributed by atoms with E-state index in [0.717, 1.165) is 6.42 Å². The number of hydrogen-bond donors (Lipinski definition) is 14. The summed E-state index contributed by atoms with van der Waals surface area (Å²) in [5.74, 6) is -8.76. The molecule has 0 aromatic rings. The van der Waals surface area contributed by atoms with Crippen LogP contribution < -0.4 is 54.0 Å². The first kappa shape index (κ1) is 64.1. The zero-order valence-corrected chi connectivity index (χ0v) is 45.2. The molecule has 3 aliphatic heterocycles. The van der Waals surface area contributed by atoms with Gasteiger partial charge in [0.15, 0.2) is 0 Å². The summed E-state index contributed by atoms with van der Waals surface area (Å²) in [7, 11) is 0. The number of rotatable bonds is 32. The Kier molecular flexibility index (Phi) is 27.7. The normalized spacial score (nSPS) is 21.4. The van der Waals surface area contributed by atoms with E-state index in [4.69, 9.17) is 11.5 Å². The van der Waals surface area contributed by atoms with Gasteiger partial charge in [0.05, 0.1) is 18.8 Å². The standard InChI is InChI=1S/C49H86N12O13S/c1-6-27(3)37(57-40(64)30-17-12-22-52-30)45(69)56-34(26-75)43(67)59-39(29(5)63)46(70)53-31(15-8-10-20-50)41(65)55-33(25-62)42(66)58-38(28(4)7-2)48(72)61-24-14-19-36(61)47(71)60-23-13-18-35(60)44(68)54-32(49(73)74)16-9-11-21-51/h27-39,52,62-63,75H,6-26,50-51H2,1-5H3,(H,53,70)(H,54,68)(H,55,65)(H,56,69)(H,57,64)(H,58,66)(H,59,67)(H,73,74)/t27-,28-,29+,30-,31-,32-,33-,34-,35-,36-,37-,38-,39-/m0/s1. The van der Waals surface area contributed by atoms with Crippen LogP contribution in [0.5, 0.6) is 0 Å². The highest BCUT2D eigenvalue weighted by atomic mass is 32.1. The number of aliphatic hydroxyl groups excluding tert-OH is 2. The summed E-state index contributed by atoms with van der Waals surface area (Å²) in [5.41, 5.74) is 11.3. The van der Waals surface area contributed by atoms with Crippen molar-refractivity contribution < 1.29 is 63.3 Å². The number of nitrogens with zero attached hydrogens (tertiary/aromatic N) is 2. The van der Waals surface area contributed by atoms with Crippen LogP contribution in [0.1, 0.15) is 125 Å². The van der Waals surface area contributed by atoms with E-state index < -0.39 is 132 Å². The van der Waals surface area contributed by atoms with Gasteiger partial charge in [0, 0.05) is 18.8 Å². The average molecular weight is 1080 g/mol. The van der Waals surface area contributed by atoms with E-state index in [2.05, 4.69) is 55.2 Å². The number of carboxylic acid groups (broad SMARTS) is 1. The number of nitrogens with two attached hydrogens (primary N) is 2. The predicted molar refractivity (Wildman–Crippen MR) is 279 cm³/mol. The van der Waals surface area contributed by atoms with Crippen molar-refractivity contribution in [1.82, 2.24) is 52.3 Å². The number of thiol groups is 1. The lowest BCUT2D eigenvalue weighted by Crippen LogP contribution is -2.63. The minimum atomic E-state index is -1.67. The van der Waals surface area contributed by atoms with E-state index in [1.165, 1.54) is 16.7 Å². The van der Waals surface area contributed by atoms with Crippen molar-refractivity contribution in [3.63, 3.8) is 0 Å². The van der Waals surface area contributed by atoms with Crippen molar-refractivity contribution >= 4 is 71.8 Å². The van der Waals surface area contributed by atoms with Crippen molar-refractivity contribution in [3.8, 4) is 0 Å². The molecular weight excluding hydrogens is 997 g/mol. The second kappa shape index (κ2) is 32.4. The molecule has 0 saturated carbocycles. The molecule has 25 nitrogen and oxygen atoms in total. The second-order valence-electron chi connectivity index (χ2n) is 20.0. The number of hydrogen-bond acceptors (Lipinski definition) is 16. The van der Waals surface area contributed by atoms with Crippen LogP contribution in [0, 0.1) is 11.8 Å². The maximum absolute atomic E-state index is 14.4. The average Bonchev–Trinajstić information content (AvgIpc) is 4.22. The number of carbonyl (C=O) groups excluding carboxylic acids is 9. The van der Waals surface area contributed by atoms with Crippen LogP contribution in [0.15, 0.2) is 0 Å². The van der Waals surface area contributed by atoms with E-state index >= 15 is 0 Å². The SMILES string of the molecule is CC[C@H](C)[C@H](NC(=O)[C@@H]1CCCN1)C(=O)N[C@@H](CS)C(=O)N[C@H](C(=O)N[C@@H](CCCCN)C(=O)N[C@@H](CO)C(=O)N[C@H](C(=O)N1CCC[C@H]1C(=O)N1CCC[C@H]1C(=O)N[C@@H](CCCCN)C(=O)O)[C@@H](C)CC)[C@@H](C)O. The first-order valence-electron chi connectivity index (χ1n) is 26.7. The fourth-order valence-corrected chi connectivity index (χ4v) is 9.64. The molecule has 3 saturated heterocycles. The molecule has 75 heavy (non-hydrogen) atoms. The third kappa shape index (κ3) is 18.8. The van der Waals surface area contributed by atoms with Crippen molar-refractivity contribution in [2.24, 2.45) is 23.3 Å². The van der Waals surface area contributed by atoms with Gasteiger partial charge in [0.2, 0.25) is 53.2 Å². The molecule has 13 atom stereocenters. The Balaban J connectivity index is 1.74. The van der Waals surface area contributed by atoms with Crippen LogP contribution >= 0.6 is 12.6 Å². The van der Waals surface area contributed by atoms with Gasteiger partial charge in [-0.05, 0) is 115 Å². The van der Waals surface area contributed by atoms with Crippen molar-refractivity contribution in [2.75, 3.05) is 45.1 Å². The zero-order valence-electron chi connectivity index (χ0n) is 44.3. The summed E-state index contributed by atoms with van der Waals surface area (Å²) in [6.45, 7) is 9.04. The van der Waals surface area contributed by atoms with E-state index in [1.807, 2.05) is 6.92 Å². The van der Waals surface area contributed by atoms with E-state index in [0.29, 0.717) is 77.3 Å². The third-order valence-corrected chi connectivity index (χ3v) is 14.8. The fourth-order valence-electron chi connectivity index (χ4n) is 9.38. The van der Waals surface area contributed by atoms with Crippen LogP contribution in [-0.4, -0.2) is 196 Å². The monoisotopic (exact) mass is 1080 g/mol. The number of carboxylic acids is 1. The predicted octanol–water partition coefficient (Wildman–Crippen LogP) is -3.15. The Morgan fingerprint density at radius 1 is 0.600 bits per heavy atom. The van der Waals surface area contributed by atoms with E-state index in [9.17, 15) is 63.3 Å². The highest BCUT2D eigenvalue weighted by Crippen LogP contribution is 2.27. The minimum Gasteiger partial charge on any atom is -0.480 e. The van der Waals surface area contributed by atoms with Gasteiger partial charge >= 0.3 is 5.97 Å². The summed E-state index contributed by atoms with van der Waals surface area (Å²) in [4.78, 5) is 139. The van der Waals surface area contributed by atoms with Crippen LogP contribution in [0.3, 0.4) is 0 Å². The van der Waals surface area contributed by atoms with Crippen LogP contribution in [0.4, 0.5) is 0 Å². The fraction of sp³-hybridized carbons (Fsp3) is 0.796. The minimum absolute atomic E-state index is 0.0315. The van der Waals surface area contributed by atoms with Crippen molar-refractivity contribution in [2.45, 2.75) is 191 Å². The van der Waals surface area contributed by atoms with Crippen LogP contribution in [0.2, 0.25) is 0 Å². The highest BCUT2D eigenvalue weighted by Gasteiger charge is 2.45. The Morgan fingerprint density at radius 3 is 1.67 bits per heavy atom. The maximum atomic E-state index is 14.4. The molecule has 3 aliphatic rings. The number of carbonyl (C=O) groups is 10. The molecule has 15 N–H and O–H groups in total. The van der Waals surface area contributed by atoms with Gasteiger partial charge in [-0.25, -0.2) is 4.79 Å². The molecule has 26 heteroatoms. The molecule has 3 rings (SSSR count). The number of nitrogens with one attached hydrogen (secondary N) is 8. The lowest BCUT2D eigenvalue weighted by molar-refractivity contribution is -0.149. The molecular formula is C49H86N12O13S. The smallest absolute Gasteiger partial charge is 0.326 e. The lowest BCUT2D eigenvalue weighted by atomic mass is 9.96. The lowest BCUT2D eigenvalue weighted by Gasteiger charge is -2.35. The van der Waals surface area contributed by atoms with Gasteiger partial charge in [0.25, 0.3) is 0 Å². The van der Waals surface area contributed by atoms with Gasteiger partial charge in [0.1, 0.15) is 54.4 Å². The molecule has 426 valence electrons. The van der Waals surface area contributed by atoms with Gasteiger partial charge in [-0.15, -0.1) is 0 Å². The Morgan fingerprint density at radius 2 is 1.12 bits per heavy atom. The molecule has 3 heterocycles. The Hall–Kier alpha value is -5.15. The molecule has 0 unspecified atom stereocenters.